The fourth-order valence-electron chi connectivity index (χ4n) is 0.888. The zero-order valence-corrected chi connectivity index (χ0v) is 7.27. The van der Waals surface area contributed by atoms with Crippen LogP contribution in [-0.2, 0) is 0 Å². The Morgan fingerprint density at radius 1 is 1.31 bits per heavy atom. The first-order chi connectivity index (χ1) is 5.88. The molecule has 4 heteroatoms. The normalized spacial score (nSPS) is 11.5. The minimum atomic E-state index is -3.23. The highest BCUT2D eigenvalue weighted by atomic mass is 19.3. The van der Waals surface area contributed by atoms with Gasteiger partial charge >= 0.3 is 6.11 Å². The van der Waals surface area contributed by atoms with E-state index in [9.17, 15) is 13.2 Å². The highest BCUT2D eigenvalue weighted by molar-refractivity contribution is 5.28. The van der Waals surface area contributed by atoms with E-state index < -0.39 is 11.9 Å². The van der Waals surface area contributed by atoms with Crippen molar-refractivity contribution in [2.75, 3.05) is 0 Å². The number of halogens is 3. The largest absolute Gasteiger partial charge is 0.433 e. The Balaban J connectivity index is 2.86. The molecule has 0 aliphatic rings. The van der Waals surface area contributed by atoms with Gasteiger partial charge in [-0.25, -0.2) is 4.39 Å². The molecule has 0 bridgehead atoms. The molecule has 0 fully saturated rings. The zero-order valence-electron chi connectivity index (χ0n) is 7.27. The van der Waals surface area contributed by atoms with Crippen LogP contribution in [0.15, 0.2) is 18.2 Å². The summed E-state index contributed by atoms with van der Waals surface area (Å²) in [5.41, 5.74) is 0.279. The first kappa shape index (κ1) is 9.89. The van der Waals surface area contributed by atoms with Crippen LogP contribution in [0.4, 0.5) is 13.2 Å². The van der Waals surface area contributed by atoms with Gasteiger partial charge in [-0.3, -0.25) is 0 Å². The highest BCUT2D eigenvalue weighted by Gasteiger charge is 2.23. The van der Waals surface area contributed by atoms with Crippen molar-refractivity contribution in [3.05, 3.63) is 29.6 Å². The van der Waals surface area contributed by atoms with Crippen LogP contribution in [0, 0.1) is 12.7 Å². The molecule has 0 unspecified atom stereocenters. The summed E-state index contributed by atoms with van der Waals surface area (Å²) in [6, 6.07) is 3.49. The van der Waals surface area contributed by atoms with Crippen molar-refractivity contribution in [3.63, 3.8) is 0 Å². The SMILES string of the molecule is Cc1cc(OC(C)(F)F)ccc1F. The standard InChI is InChI=1S/C9H9F3O/c1-6-5-7(3-4-8(6)10)13-9(2,11)12/h3-5H,1-2H3. The predicted octanol–water partition coefficient (Wildman–Crippen LogP) is 3.13. The topological polar surface area (TPSA) is 9.23 Å². The second-order valence-corrected chi connectivity index (χ2v) is 2.82. The number of benzene rings is 1. The fraction of sp³-hybridized carbons (Fsp3) is 0.333. The number of hydrogen-bond donors (Lipinski definition) is 0. The first-order valence-electron chi connectivity index (χ1n) is 3.71. The van der Waals surface area contributed by atoms with Gasteiger partial charge in [0.05, 0.1) is 0 Å². The number of ether oxygens (including phenoxy) is 1. The molecule has 1 rings (SSSR count). The van der Waals surface area contributed by atoms with Crippen molar-refractivity contribution in [3.8, 4) is 5.75 Å². The summed E-state index contributed by atoms with van der Waals surface area (Å²) >= 11 is 0. The Morgan fingerprint density at radius 3 is 2.38 bits per heavy atom. The summed E-state index contributed by atoms with van der Waals surface area (Å²) in [4.78, 5) is 0. The highest BCUT2D eigenvalue weighted by Crippen LogP contribution is 2.22. The number of alkyl halides is 2. The third kappa shape index (κ3) is 2.97. The number of rotatable bonds is 2. The monoisotopic (exact) mass is 190 g/mol. The van der Waals surface area contributed by atoms with E-state index in [1.165, 1.54) is 19.1 Å². The molecule has 0 spiro atoms. The molecule has 0 amide bonds. The molecule has 72 valence electrons. The van der Waals surface area contributed by atoms with Crippen molar-refractivity contribution in [1.82, 2.24) is 0 Å². The molecule has 0 saturated carbocycles. The van der Waals surface area contributed by atoms with Crippen LogP contribution in [0.1, 0.15) is 12.5 Å². The van der Waals surface area contributed by atoms with E-state index in [1.807, 2.05) is 0 Å². The molecule has 13 heavy (non-hydrogen) atoms. The summed E-state index contributed by atoms with van der Waals surface area (Å²) in [5, 5.41) is 0. The number of aryl methyl sites for hydroxylation is 1. The molecule has 0 N–H and O–H groups in total. The van der Waals surface area contributed by atoms with Gasteiger partial charge in [-0.15, -0.1) is 0 Å². The summed E-state index contributed by atoms with van der Waals surface area (Å²) in [6.07, 6.45) is -3.23. The lowest BCUT2D eigenvalue weighted by atomic mass is 10.2. The molecule has 1 aromatic rings. The summed E-state index contributed by atoms with van der Waals surface area (Å²) in [5.74, 6) is -0.474. The van der Waals surface area contributed by atoms with E-state index in [0.29, 0.717) is 6.92 Å². The van der Waals surface area contributed by atoms with Crippen molar-refractivity contribution in [1.29, 1.82) is 0 Å². The zero-order chi connectivity index (χ0) is 10.1. The molecule has 0 heterocycles. The molecular weight excluding hydrogens is 181 g/mol. The molecule has 1 nitrogen and oxygen atoms in total. The van der Waals surface area contributed by atoms with Gasteiger partial charge in [0.1, 0.15) is 11.6 Å². The Hall–Kier alpha value is -1.19. The van der Waals surface area contributed by atoms with Crippen molar-refractivity contribution in [2.24, 2.45) is 0 Å². The summed E-state index contributed by atoms with van der Waals surface area (Å²) in [6.45, 7) is 2.11. The third-order valence-corrected chi connectivity index (χ3v) is 1.43. The predicted molar refractivity (Wildman–Crippen MR) is 42.4 cm³/mol. The summed E-state index contributed by atoms with van der Waals surface area (Å²) < 4.78 is 41.6. The molecule has 0 aliphatic heterocycles. The van der Waals surface area contributed by atoms with Crippen LogP contribution in [0.3, 0.4) is 0 Å². The van der Waals surface area contributed by atoms with Gasteiger partial charge in [0.15, 0.2) is 0 Å². The van der Waals surface area contributed by atoms with Gasteiger partial charge < -0.3 is 4.74 Å². The Kier molecular flexibility index (Phi) is 2.50. The first-order valence-corrected chi connectivity index (χ1v) is 3.71. The molecule has 0 aliphatic carbocycles. The smallest absolute Gasteiger partial charge is 0.394 e. The molecule has 0 aromatic heterocycles. The second kappa shape index (κ2) is 3.28. The molecule has 1 aromatic carbocycles. The van der Waals surface area contributed by atoms with E-state index in [1.54, 1.807) is 0 Å². The van der Waals surface area contributed by atoms with Crippen molar-refractivity contribution >= 4 is 0 Å². The van der Waals surface area contributed by atoms with Gasteiger partial charge in [0, 0.05) is 6.92 Å². The molecule has 0 atom stereocenters. The van der Waals surface area contributed by atoms with Gasteiger partial charge in [0.25, 0.3) is 0 Å². The Bertz CT molecular complexity index is 304. The Morgan fingerprint density at radius 2 is 1.92 bits per heavy atom. The van der Waals surface area contributed by atoms with Crippen LogP contribution < -0.4 is 4.74 Å². The van der Waals surface area contributed by atoms with Crippen LogP contribution in [0.5, 0.6) is 5.75 Å². The molecule has 0 saturated heterocycles. The minimum absolute atomic E-state index is 0.0357. The summed E-state index contributed by atoms with van der Waals surface area (Å²) in [7, 11) is 0. The lowest BCUT2D eigenvalue weighted by Gasteiger charge is -2.13. The van der Waals surface area contributed by atoms with Crippen molar-refractivity contribution < 1.29 is 17.9 Å². The van der Waals surface area contributed by atoms with Crippen LogP contribution >= 0.6 is 0 Å². The molecular formula is C9H9F3O. The maximum atomic E-state index is 12.7. The maximum Gasteiger partial charge on any atom is 0.394 e. The van der Waals surface area contributed by atoms with E-state index in [4.69, 9.17) is 0 Å². The van der Waals surface area contributed by atoms with Gasteiger partial charge in [-0.1, -0.05) is 0 Å². The lowest BCUT2D eigenvalue weighted by molar-refractivity contribution is -0.159. The van der Waals surface area contributed by atoms with E-state index >= 15 is 0 Å². The van der Waals surface area contributed by atoms with Crippen molar-refractivity contribution in [2.45, 2.75) is 20.0 Å². The van der Waals surface area contributed by atoms with Crippen LogP contribution in [0.2, 0.25) is 0 Å². The van der Waals surface area contributed by atoms with E-state index in [-0.39, 0.29) is 11.3 Å². The second-order valence-electron chi connectivity index (χ2n) is 2.82. The third-order valence-electron chi connectivity index (χ3n) is 1.43. The average molecular weight is 190 g/mol. The Labute approximate surface area is 74.1 Å². The van der Waals surface area contributed by atoms with Crippen LogP contribution in [0.25, 0.3) is 0 Å². The van der Waals surface area contributed by atoms with E-state index in [0.717, 1.165) is 6.07 Å². The lowest BCUT2D eigenvalue weighted by Crippen LogP contribution is -2.19. The van der Waals surface area contributed by atoms with E-state index in [2.05, 4.69) is 4.74 Å². The minimum Gasteiger partial charge on any atom is -0.433 e. The molecule has 0 radical (unpaired) electrons. The fourth-order valence-corrected chi connectivity index (χ4v) is 0.888. The van der Waals surface area contributed by atoms with Gasteiger partial charge in [0.2, 0.25) is 0 Å². The maximum absolute atomic E-state index is 12.7. The number of hydrogen-bond acceptors (Lipinski definition) is 1. The van der Waals surface area contributed by atoms with Gasteiger partial charge in [-0.2, -0.15) is 8.78 Å². The van der Waals surface area contributed by atoms with Crippen LogP contribution in [-0.4, -0.2) is 6.11 Å². The van der Waals surface area contributed by atoms with Gasteiger partial charge in [-0.05, 0) is 30.7 Å². The quantitative estimate of drug-likeness (QED) is 0.696. The average Bonchev–Trinajstić information content (AvgIpc) is 1.94.